The van der Waals surface area contributed by atoms with Gasteiger partial charge in [0.25, 0.3) is 10.0 Å². The third-order valence-electron chi connectivity index (χ3n) is 3.59. The van der Waals surface area contributed by atoms with Crippen molar-refractivity contribution in [2.45, 2.75) is 23.9 Å². The molecule has 1 N–H and O–H groups in total. The number of fused-ring (bicyclic) bond motifs is 1. The summed E-state index contributed by atoms with van der Waals surface area (Å²) in [6.45, 7) is 0.539. The summed E-state index contributed by atoms with van der Waals surface area (Å²) in [5, 5.41) is 4.60. The molecule has 1 aliphatic rings. The van der Waals surface area contributed by atoms with E-state index in [0.717, 1.165) is 12.0 Å². The van der Waals surface area contributed by atoms with Crippen LogP contribution in [0.15, 0.2) is 35.5 Å². The number of benzene rings is 1. The summed E-state index contributed by atoms with van der Waals surface area (Å²) in [7, 11) is -2.06. The van der Waals surface area contributed by atoms with Crippen LogP contribution in [0.3, 0.4) is 0 Å². The van der Waals surface area contributed by atoms with Crippen molar-refractivity contribution in [3.05, 3.63) is 41.0 Å². The summed E-state index contributed by atoms with van der Waals surface area (Å²) in [6.07, 6.45) is 2.87. The van der Waals surface area contributed by atoms with Crippen LogP contribution in [0.1, 0.15) is 24.4 Å². The molecule has 2 aromatic rings. The minimum atomic E-state index is -3.65. The number of hydrogen-bond donors (Lipinski definition) is 1. The predicted molar refractivity (Wildman–Crippen MR) is 82.5 cm³/mol. The van der Waals surface area contributed by atoms with Crippen LogP contribution in [0.2, 0.25) is 5.02 Å². The van der Waals surface area contributed by atoms with Crippen LogP contribution in [0.4, 0.5) is 0 Å². The van der Waals surface area contributed by atoms with Gasteiger partial charge in [-0.05, 0) is 31.0 Å². The van der Waals surface area contributed by atoms with Gasteiger partial charge < -0.3 is 4.74 Å². The highest BCUT2D eigenvalue weighted by atomic mass is 35.5. The van der Waals surface area contributed by atoms with Crippen molar-refractivity contribution in [1.29, 1.82) is 0 Å². The number of aryl methyl sites for hydroxylation is 1. The lowest BCUT2D eigenvalue weighted by atomic mass is 10.0. The Bertz CT molecular complexity index is 788. The summed E-state index contributed by atoms with van der Waals surface area (Å²) in [6, 6.07) is 6.38. The molecule has 1 aliphatic heterocycles. The first-order chi connectivity index (χ1) is 10.5. The van der Waals surface area contributed by atoms with Gasteiger partial charge in [-0.15, -0.1) is 0 Å². The average Bonchev–Trinajstić information content (AvgIpc) is 2.80. The monoisotopic (exact) mass is 341 g/mol. The van der Waals surface area contributed by atoms with Gasteiger partial charge in [-0.1, -0.05) is 17.7 Å². The lowest BCUT2D eigenvalue weighted by Crippen LogP contribution is -2.30. The second-order valence-electron chi connectivity index (χ2n) is 5.14. The third kappa shape index (κ3) is 2.97. The van der Waals surface area contributed by atoms with Crippen molar-refractivity contribution in [1.82, 2.24) is 14.5 Å². The maximum atomic E-state index is 12.5. The zero-order chi connectivity index (χ0) is 15.7. The molecule has 0 spiro atoms. The smallest absolute Gasteiger partial charge is 0.258 e. The van der Waals surface area contributed by atoms with Gasteiger partial charge in [0.05, 0.1) is 18.8 Å². The Morgan fingerprint density at radius 3 is 2.95 bits per heavy atom. The molecule has 0 radical (unpaired) electrons. The van der Waals surface area contributed by atoms with Crippen molar-refractivity contribution in [3.63, 3.8) is 0 Å². The zero-order valence-corrected chi connectivity index (χ0v) is 13.6. The maximum Gasteiger partial charge on any atom is 0.258 e. The van der Waals surface area contributed by atoms with Gasteiger partial charge >= 0.3 is 0 Å². The molecule has 1 aromatic carbocycles. The molecule has 22 heavy (non-hydrogen) atoms. The van der Waals surface area contributed by atoms with E-state index in [4.69, 9.17) is 16.3 Å². The summed E-state index contributed by atoms with van der Waals surface area (Å²) < 4.78 is 34.8. The summed E-state index contributed by atoms with van der Waals surface area (Å²) in [5.41, 5.74) is 0.799. The van der Waals surface area contributed by atoms with Crippen LogP contribution in [0.5, 0.6) is 5.75 Å². The average molecular weight is 342 g/mol. The number of hydrogen-bond acceptors (Lipinski definition) is 4. The molecule has 1 aromatic heterocycles. The number of sulfonamides is 1. The zero-order valence-electron chi connectivity index (χ0n) is 12.0. The molecule has 0 aliphatic carbocycles. The van der Waals surface area contributed by atoms with Crippen molar-refractivity contribution < 1.29 is 13.2 Å². The highest BCUT2D eigenvalue weighted by molar-refractivity contribution is 7.89. The molecule has 0 saturated heterocycles. The van der Waals surface area contributed by atoms with Gasteiger partial charge in [0.2, 0.25) is 0 Å². The predicted octanol–water partition coefficient (Wildman–Crippen LogP) is 2.27. The third-order valence-corrected chi connectivity index (χ3v) is 5.38. The molecule has 0 amide bonds. The Balaban J connectivity index is 1.94. The van der Waals surface area contributed by atoms with E-state index in [1.165, 1.54) is 16.9 Å². The van der Waals surface area contributed by atoms with Crippen LogP contribution in [-0.2, 0) is 17.1 Å². The Morgan fingerprint density at radius 2 is 2.23 bits per heavy atom. The van der Waals surface area contributed by atoms with E-state index in [9.17, 15) is 8.42 Å². The number of ether oxygens (including phenoxy) is 1. The quantitative estimate of drug-likeness (QED) is 0.929. The van der Waals surface area contributed by atoms with Gasteiger partial charge in [-0.2, -0.15) is 5.10 Å². The Morgan fingerprint density at radius 1 is 1.41 bits per heavy atom. The molecule has 118 valence electrons. The van der Waals surface area contributed by atoms with E-state index in [1.807, 2.05) is 0 Å². The van der Waals surface area contributed by atoms with Crippen molar-refractivity contribution in [2.75, 3.05) is 6.61 Å². The molecule has 8 heteroatoms. The fourth-order valence-electron chi connectivity index (χ4n) is 2.54. The molecule has 0 saturated carbocycles. The van der Waals surface area contributed by atoms with Crippen molar-refractivity contribution >= 4 is 21.6 Å². The fourth-order valence-corrected chi connectivity index (χ4v) is 4.08. The van der Waals surface area contributed by atoms with Crippen molar-refractivity contribution in [2.24, 2.45) is 7.05 Å². The number of nitrogens with one attached hydrogen (secondary N) is 1. The first kappa shape index (κ1) is 15.3. The van der Waals surface area contributed by atoms with Gasteiger partial charge in [0.15, 0.2) is 5.03 Å². The highest BCUT2D eigenvalue weighted by Crippen LogP contribution is 2.34. The Hall–Kier alpha value is -1.57. The van der Waals surface area contributed by atoms with Crippen LogP contribution in [-0.4, -0.2) is 24.8 Å². The molecular formula is C14H16ClN3O3S. The minimum absolute atomic E-state index is 0.133. The van der Waals surface area contributed by atoms with Gasteiger partial charge in [-0.25, -0.2) is 13.1 Å². The summed E-state index contributed by atoms with van der Waals surface area (Å²) in [4.78, 5) is 0. The minimum Gasteiger partial charge on any atom is -0.493 e. The maximum absolute atomic E-state index is 12.5. The Labute approximate surface area is 134 Å². The fraction of sp³-hybridized carbons (Fsp3) is 0.357. The van der Waals surface area contributed by atoms with Crippen LogP contribution in [0, 0.1) is 0 Å². The molecule has 3 rings (SSSR count). The van der Waals surface area contributed by atoms with Gasteiger partial charge in [0, 0.05) is 17.6 Å². The Kier molecular flexibility index (Phi) is 4.12. The topological polar surface area (TPSA) is 73.2 Å². The highest BCUT2D eigenvalue weighted by Gasteiger charge is 2.27. The molecule has 6 nitrogen and oxygen atoms in total. The van der Waals surface area contributed by atoms with Crippen LogP contribution in [0.25, 0.3) is 0 Å². The SMILES string of the molecule is Cn1nccc1S(=O)(=O)N[C@H]1CCCOc2cc(Cl)ccc21. The number of nitrogens with zero attached hydrogens (tertiary/aromatic N) is 2. The second kappa shape index (κ2) is 5.91. The van der Waals surface area contributed by atoms with Crippen LogP contribution >= 0.6 is 11.6 Å². The molecule has 0 bridgehead atoms. The van der Waals surface area contributed by atoms with Gasteiger partial charge in [-0.3, -0.25) is 4.68 Å². The summed E-state index contributed by atoms with van der Waals surface area (Å²) in [5.74, 6) is 0.628. The largest absolute Gasteiger partial charge is 0.493 e. The molecular weight excluding hydrogens is 326 g/mol. The van der Waals surface area contributed by atoms with Gasteiger partial charge in [0.1, 0.15) is 5.75 Å². The molecule has 1 atom stereocenters. The molecule has 2 heterocycles. The lowest BCUT2D eigenvalue weighted by molar-refractivity contribution is 0.316. The van der Waals surface area contributed by atoms with E-state index in [1.54, 1.807) is 25.2 Å². The van der Waals surface area contributed by atoms with E-state index >= 15 is 0 Å². The van der Waals surface area contributed by atoms with E-state index < -0.39 is 10.0 Å². The van der Waals surface area contributed by atoms with Crippen LogP contribution < -0.4 is 9.46 Å². The molecule has 0 unspecified atom stereocenters. The summed E-state index contributed by atoms with van der Waals surface area (Å²) >= 11 is 5.98. The van der Waals surface area contributed by atoms with E-state index in [-0.39, 0.29) is 11.1 Å². The lowest BCUT2D eigenvalue weighted by Gasteiger charge is -2.18. The number of aromatic nitrogens is 2. The van der Waals surface area contributed by atoms with E-state index in [0.29, 0.717) is 23.8 Å². The van der Waals surface area contributed by atoms with Crippen molar-refractivity contribution in [3.8, 4) is 5.75 Å². The molecule has 0 fully saturated rings. The first-order valence-corrected chi connectivity index (χ1v) is 8.76. The number of rotatable bonds is 3. The number of halogens is 1. The van der Waals surface area contributed by atoms with E-state index in [2.05, 4.69) is 9.82 Å². The second-order valence-corrected chi connectivity index (χ2v) is 7.24. The first-order valence-electron chi connectivity index (χ1n) is 6.90. The normalized spacial score (nSPS) is 18.4. The standard InChI is InChI=1S/C14H16ClN3O3S/c1-18-14(6-7-16-18)22(19,20)17-12-3-2-8-21-13-9-10(15)4-5-11(12)13/h4-7,9,12,17H,2-3,8H2,1H3/t12-/m0/s1.